The van der Waals surface area contributed by atoms with E-state index in [1.165, 1.54) is 0 Å². The maximum absolute atomic E-state index is 4.93. The van der Waals surface area contributed by atoms with Crippen molar-refractivity contribution in [2.24, 2.45) is 5.92 Å². The SMILES string of the molecule is CCc1ncc(-c2ccc(C#Cc3ccc4c(ccc5[nH]c(C(C)C(C)C)nc54)c3)cc2)[nH]1. The number of aryl methyl sites for hydroxylation is 1. The minimum atomic E-state index is 0.394. The molecule has 5 aromatic rings. The summed E-state index contributed by atoms with van der Waals surface area (Å²) in [7, 11) is 0. The lowest BCUT2D eigenvalue weighted by Gasteiger charge is -2.11. The van der Waals surface area contributed by atoms with E-state index in [1.807, 2.05) is 6.20 Å². The van der Waals surface area contributed by atoms with Crippen LogP contribution in [0, 0.1) is 17.8 Å². The fourth-order valence-corrected chi connectivity index (χ4v) is 4.00. The van der Waals surface area contributed by atoms with Gasteiger partial charge in [-0.2, -0.15) is 0 Å². The van der Waals surface area contributed by atoms with Crippen LogP contribution in [0.25, 0.3) is 33.1 Å². The van der Waals surface area contributed by atoms with Crippen molar-refractivity contribution in [2.45, 2.75) is 40.0 Å². The van der Waals surface area contributed by atoms with Gasteiger partial charge in [0, 0.05) is 28.9 Å². The van der Waals surface area contributed by atoms with Crippen LogP contribution < -0.4 is 0 Å². The van der Waals surface area contributed by atoms with Crippen LogP contribution in [0.4, 0.5) is 0 Å². The molecule has 1 atom stereocenters. The number of nitrogens with zero attached hydrogens (tertiary/aromatic N) is 2. The molecule has 2 N–H and O–H groups in total. The number of benzene rings is 3. The Kier molecular flexibility index (Phi) is 5.48. The van der Waals surface area contributed by atoms with E-state index >= 15 is 0 Å². The second kappa shape index (κ2) is 8.60. The molecule has 5 rings (SSSR count). The van der Waals surface area contributed by atoms with Crippen molar-refractivity contribution < 1.29 is 0 Å². The van der Waals surface area contributed by atoms with Gasteiger partial charge in [0.1, 0.15) is 11.6 Å². The molecule has 0 amide bonds. The number of imidazole rings is 2. The zero-order valence-corrected chi connectivity index (χ0v) is 19.5. The largest absolute Gasteiger partial charge is 0.342 e. The Morgan fingerprint density at radius 2 is 1.64 bits per heavy atom. The number of hydrogen-bond acceptors (Lipinski definition) is 2. The third-order valence-electron chi connectivity index (χ3n) is 6.43. The first-order valence-electron chi connectivity index (χ1n) is 11.6. The van der Waals surface area contributed by atoms with Crippen LogP contribution in [-0.4, -0.2) is 19.9 Å². The van der Waals surface area contributed by atoms with Gasteiger partial charge in [-0.25, -0.2) is 9.97 Å². The minimum absolute atomic E-state index is 0.394. The van der Waals surface area contributed by atoms with Crippen LogP contribution in [0.1, 0.15) is 56.4 Å². The van der Waals surface area contributed by atoms with E-state index in [-0.39, 0.29) is 0 Å². The number of fused-ring (bicyclic) bond motifs is 3. The molecule has 4 nitrogen and oxygen atoms in total. The summed E-state index contributed by atoms with van der Waals surface area (Å²) >= 11 is 0. The molecule has 0 aliphatic rings. The third-order valence-corrected chi connectivity index (χ3v) is 6.43. The third kappa shape index (κ3) is 4.15. The molecule has 2 heterocycles. The first-order valence-corrected chi connectivity index (χ1v) is 11.6. The molecule has 3 aromatic carbocycles. The zero-order valence-electron chi connectivity index (χ0n) is 19.5. The highest BCUT2D eigenvalue weighted by Gasteiger charge is 2.15. The van der Waals surface area contributed by atoms with E-state index < -0.39 is 0 Å². The van der Waals surface area contributed by atoms with Gasteiger partial charge >= 0.3 is 0 Å². The molecule has 0 spiro atoms. The standard InChI is InChI=1S/C29H28N4/c1-5-27-30-17-26(31-27)22-11-8-20(9-12-22)6-7-21-10-14-24-23(16-21)13-15-25-28(24)33-29(32-25)19(4)18(2)3/h8-19H,5H2,1-4H3,(H,30,31)(H,32,33). The van der Waals surface area contributed by atoms with E-state index in [9.17, 15) is 0 Å². The first-order chi connectivity index (χ1) is 16.0. The molecule has 0 radical (unpaired) electrons. The predicted octanol–water partition coefficient (Wildman–Crippen LogP) is 6.83. The van der Waals surface area contributed by atoms with Crippen molar-refractivity contribution in [3.05, 3.63) is 83.6 Å². The van der Waals surface area contributed by atoms with Gasteiger partial charge in [-0.3, -0.25) is 0 Å². The van der Waals surface area contributed by atoms with E-state index in [0.717, 1.165) is 62.3 Å². The topological polar surface area (TPSA) is 57.4 Å². The molecule has 0 saturated heterocycles. The summed E-state index contributed by atoms with van der Waals surface area (Å²) in [6, 6.07) is 18.9. The summed E-state index contributed by atoms with van der Waals surface area (Å²) in [6.07, 6.45) is 2.79. The normalized spacial score (nSPS) is 12.3. The van der Waals surface area contributed by atoms with E-state index in [4.69, 9.17) is 4.98 Å². The van der Waals surface area contributed by atoms with Crippen LogP contribution in [0.15, 0.2) is 60.8 Å². The summed E-state index contributed by atoms with van der Waals surface area (Å²) in [5.74, 6) is 9.60. The Bertz CT molecular complexity index is 1490. The van der Waals surface area contributed by atoms with Gasteiger partial charge in [0.2, 0.25) is 0 Å². The van der Waals surface area contributed by atoms with Crippen molar-refractivity contribution in [3.8, 4) is 23.1 Å². The lowest BCUT2D eigenvalue weighted by Crippen LogP contribution is -2.03. The van der Waals surface area contributed by atoms with Crippen molar-refractivity contribution in [1.29, 1.82) is 0 Å². The number of hydrogen-bond donors (Lipinski definition) is 2. The maximum atomic E-state index is 4.93. The number of aromatic amines is 2. The van der Waals surface area contributed by atoms with Crippen LogP contribution in [0.3, 0.4) is 0 Å². The molecule has 0 aliphatic carbocycles. The Morgan fingerprint density at radius 1 is 0.879 bits per heavy atom. The lowest BCUT2D eigenvalue weighted by molar-refractivity contribution is 0.515. The first kappa shape index (κ1) is 21.0. The van der Waals surface area contributed by atoms with Crippen molar-refractivity contribution in [1.82, 2.24) is 19.9 Å². The van der Waals surface area contributed by atoms with Crippen LogP contribution >= 0.6 is 0 Å². The maximum Gasteiger partial charge on any atom is 0.110 e. The number of aromatic nitrogens is 4. The second-order valence-electron chi connectivity index (χ2n) is 8.98. The Hall–Kier alpha value is -3.84. The van der Waals surface area contributed by atoms with Gasteiger partial charge in [-0.05, 0) is 47.2 Å². The van der Waals surface area contributed by atoms with E-state index in [2.05, 4.69) is 109 Å². The molecule has 1 unspecified atom stereocenters. The highest BCUT2D eigenvalue weighted by atomic mass is 14.9. The average Bonchev–Trinajstić information content (AvgIpc) is 3.49. The molecule has 0 fully saturated rings. The summed E-state index contributed by atoms with van der Waals surface area (Å²) in [6.45, 7) is 8.78. The molecule has 0 bridgehead atoms. The molecule has 0 saturated carbocycles. The van der Waals surface area contributed by atoms with Gasteiger partial charge in [-0.1, -0.05) is 63.8 Å². The van der Waals surface area contributed by atoms with E-state index in [0.29, 0.717) is 11.8 Å². The van der Waals surface area contributed by atoms with Gasteiger partial charge in [-0.15, -0.1) is 0 Å². The Morgan fingerprint density at radius 3 is 2.36 bits per heavy atom. The zero-order chi connectivity index (χ0) is 22.9. The van der Waals surface area contributed by atoms with Crippen LogP contribution in [-0.2, 0) is 6.42 Å². The average molecular weight is 433 g/mol. The molecule has 2 aromatic heterocycles. The predicted molar refractivity (Wildman–Crippen MR) is 136 cm³/mol. The minimum Gasteiger partial charge on any atom is -0.342 e. The molecule has 0 aliphatic heterocycles. The van der Waals surface area contributed by atoms with Gasteiger partial charge < -0.3 is 9.97 Å². The molecule has 4 heteroatoms. The highest BCUT2D eigenvalue weighted by Crippen LogP contribution is 2.28. The quantitative estimate of drug-likeness (QED) is 0.306. The summed E-state index contributed by atoms with van der Waals surface area (Å²) in [4.78, 5) is 16.2. The smallest absolute Gasteiger partial charge is 0.110 e. The van der Waals surface area contributed by atoms with Gasteiger partial charge in [0.05, 0.1) is 22.9 Å². The van der Waals surface area contributed by atoms with Crippen molar-refractivity contribution in [3.63, 3.8) is 0 Å². The second-order valence-corrected chi connectivity index (χ2v) is 8.98. The van der Waals surface area contributed by atoms with Gasteiger partial charge in [0.15, 0.2) is 0 Å². The van der Waals surface area contributed by atoms with Crippen LogP contribution in [0.2, 0.25) is 0 Å². The molecular formula is C29H28N4. The van der Waals surface area contributed by atoms with Crippen molar-refractivity contribution in [2.75, 3.05) is 0 Å². The molecular weight excluding hydrogens is 404 g/mol. The van der Waals surface area contributed by atoms with Gasteiger partial charge in [0.25, 0.3) is 0 Å². The monoisotopic (exact) mass is 432 g/mol. The highest BCUT2D eigenvalue weighted by molar-refractivity contribution is 6.04. The Balaban J connectivity index is 1.41. The number of H-pyrrole nitrogens is 2. The number of nitrogens with one attached hydrogen (secondary N) is 2. The van der Waals surface area contributed by atoms with Crippen molar-refractivity contribution >= 4 is 21.8 Å². The fourth-order valence-electron chi connectivity index (χ4n) is 4.00. The van der Waals surface area contributed by atoms with Crippen LogP contribution in [0.5, 0.6) is 0 Å². The van der Waals surface area contributed by atoms with E-state index in [1.54, 1.807) is 0 Å². The Labute approximate surface area is 194 Å². The summed E-state index contributed by atoms with van der Waals surface area (Å²) in [5.41, 5.74) is 6.27. The number of rotatable bonds is 4. The molecule has 164 valence electrons. The lowest BCUT2D eigenvalue weighted by atomic mass is 9.98. The fraction of sp³-hybridized carbons (Fsp3) is 0.241. The summed E-state index contributed by atoms with van der Waals surface area (Å²) in [5, 5.41) is 2.32. The summed E-state index contributed by atoms with van der Waals surface area (Å²) < 4.78 is 0. The molecule has 33 heavy (non-hydrogen) atoms.